The molecule has 108 valence electrons. The van der Waals surface area contributed by atoms with Gasteiger partial charge in [-0.25, -0.2) is 0 Å². The van der Waals surface area contributed by atoms with Gasteiger partial charge in [0.05, 0.1) is 25.9 Å². The summed E-state index contributed by atoms with van der Waals surface area (Å²) in [5.41, 5.74) is 0.769. The minimum Gasteiger partial charge on any atom is -0.490 e. The Morgan fingerprint density at radius 2 is 1.85 bits per heavy atom. The first-order valence-electron chi connectivity index (χ1n) is 6.75. The summed E-state index contributed by atoms with van der Waals surface area (Å²) in [4.78, 5) is 0. The number of benzene rings is 2. The number of hydrogen-bond donors (Lipinski definition) is 2. The Morgan fingerprint density at radius 1 is 1.05 bits per heavy atom. The second kappa shape index (κ2) is 7.24. The number of hydrogen-bond acceptors (Lipinski definition) is 4. The molecule has 0 aliphatic carbocycles. The summed E-state index contributed by atoms with van der Waals surface area (Å²) >= 11 is 0. The molecule has 2 rings (SSSR count). The first kappa shape index (κ1) is 14.8. The van der Waals surface area contributed by atoms with E-state index in [-0.39, 0.29) is 6.61 Å². The van der Waals surface area contributed by atoms with Crippen molar-refractivity contribution < 1.29 is 19.7 Å². The van der Waals surface area contributed by atoms with Crippen LogP contribution in [0.15, 0.2) is 36.4 Å². The molecule has 0 unspecified atom stereocenters. The van der Waals surface area contributed by atoms with Gasteiger partial charge in [0, 0.05) is 10.9 Å². The Balaban J connectivity index is 2.21. The molecule has 4 heteroatoms. The summed E-state index contributed by atoms with van der Waals surface area (Å²) in [5.74, 6) is 0.700. The maximum atomic E-state index is 9.86. The fourth-order valence-electron chi connectivity index (χ4n) is 2.12. The lowest BCUT2D eigenvalue weighted by Gasteiger charge is -2.16. The van der Waals surface area contributed by atoms with Crippen LogP contribution >= 0.6 is 0 Å². The smallest absolute Gasteiger partial charge is 0.133 e. The van der Waals surface area contributed by atoms with Gasteiger partial charge in [-0.1, -0.05) is 36.4 Å². The predicted molar refractivity (Wildman–Crippen MR) is 78.0 cm³/mol. The molecule has 0 aliphatic rings. The van der Waals surface area contributed by atoms with Crippen LogP contribution in [-0.2, 0) is 4.74 Å². The highest BCUT2D eigenvalue weighted by Gasteiger charge is 2.12. The monoisotopic (exact) mass is 276 g/mol. The molecule has 2 N–H and O–H groups in total. The third-order valence-electron chi connectivity index (χ3n) is 3.07. The van der Waals surface area contributed by atoms with E-state index < -0.39 is 6.10 Å². The first-order chi connectivity index (χ1) is 9.74. The minimum absolute atomic E-state index is 0.00713. The Bertz CT molecular complexity index is 551. The third-order valence-corrected chi connectivity index (χ3v) is 3.07. The standard InChI is InChI=1S/C16H20O4/c1-12(18)14-7-6-13-4-2-3-5-15(13)16(14)20-11-10-19-9-8-17/h2-7,12,17-18H,8-11H2,1H3/t12-/m0/s1. The normalized spacial score (nSPS) is 12.6. The fraction of sp³-hybridized carbons (Fsp3) is 0.375. The molecule has 0 aliphatic heterocycles. The second-order valence-electron chi connectivity index (χ2n) is 4.57. The fourth-order valence-corrected chi connectivity index (χ4v) is 2.12. The quantitative estimate of drug-likeness (QED) is 0.762. The van der Waals surface area contributed by atoms with E-state index in [0.717, 1.165) is 16.3 Å². The van der Waals surface area contributed by atoms with Gasteiger partial charge in [0.1, 0.15) is 12.4 Å². The van der Waals surface area contributed by atoms with Crippen LogP contribution in [0.25, 0.3) is 10.8 Å². The summed E-state index contributed by atoms with van der Waals surface area (Å²) in [6, 6.07) is 11.8. The van der Waals surface area contributed by atoms with Gasteiger partial charge < -0.3 is 19.7 Å². The van der Waals surface area contributed by atoms with Crippen LogP contribution in [0.1, 0.15) is 18.6 Å². The highest BCUT2D eigenvalue weighted by atomic mass is 16.5. The van der Waals surface area contributed by atoms with E-state index in [9.17, 15) is 5.11 Å². The summed E-state index contributed by atoms with van der Waals surface area (Å²) in [6.45, 7) is 2.82. The number of ether oxygens (including phenoxy) is 2. The van der Waals surface area contributed by atoms with Crippen LogP contribution in [0.2, 0.25) is 0 Å². The first-order valence-corrected chi connectivity index (χ1v) is 6.75. The average Bonchev–Trinajstić information content (AvgIpc) is 2.46. The van der Waals surface area contributed by atoms with Gasteiger partial charge >= 0.3 is 0 Å². The molecule has 20 heavy (non-hydrogen) atoms. The lowest BCUT2D eigenvalue weighted by molar-refractivity contribution is 0.0699. The van der Waals surface area contributed by atoms with Crippen LogP contribution in [0.5, 0.6) is 5.75 Å². The zero-order chi connectivity index (χ0) is 14.4. The molecule has 0 bridgehead atoms. The summed E-state index contributed by atoms with van der Waals surface area (Å²) < 4.78 is 11.0. The van der Waals surface area contributed by atoms with E-state index in [2.05, 4.69) is 0 Å². The van der Waals surface area contributed by atoms with Crippen molar-refractivity contribution >= 4 is 10.8 Å². The topological polar surface area (TPSA) is 58.9 Å². The summed E-state index contributed by atoms with van der Waals surface area (Å²) in [7, 11) is 0. The van der Waals surface area contributed by atoms with Gasteiger partial charge in [0.15, 0.2) is 0 Å². The van der Waals surface area contributed by atoms with E-state index in [0.29, 0.717) is 25.6 Å². The van der Waals surface area contributed by atoms with Crippen molar-refractivity contribution in [2.75, 3.05) is 26.4 Å². The van der Waals surface area contributed by atoms with E-state index >= 15 is 0 Å². The van der Waals surface area contributed by atoms with Crippen LogP contribution in [0.3, 0.4) is 0 Å². The third kappa shape index (κ3) is 3.48. The molecule has 0 heterocycles. The zero-order valence-corrected chi connectivity index (χ0v) is 11.6. The van der Waals surface area contributed by atoms with Gasteiger partial charge in [-0.2, -0.15) is 0 Å². The van der Waals surface area contributed by atoms with Crippen LogP contribution in [-0.4, -0.2) is 36.6 Å². The lowest BCUT2D eigenvalue weighted by atomic mass is 10.0. The Morgan fingerprint density at radius 3 is 2.60 bits per heavy atom. The number of fused-ring (bicyclic) bond motifs is 1. The Labute approximate surface area is 118 Å². The molecule has 2 aromatic rings. The number of aliphatic hydroxyl groups is 2. The molecule has 0 aromatic heterocycles. The van der Waals surface area contributed by atoms with Crippen molar-refractivity contribution in [3.05, 3.63) is 42.0 Å². The Hall–Kier alpha value is -1.62. The maximum Gasteiger partial charge on any atom is 0.133 e. The number of aliphatic hydroxyl groups excluding tert-OH is 2. The molecule has 0 saturated carbocycles. The molecule has 0 saturated heterocycles. The van der Waals surface area contributed by atoms with Gasteiger partial charge in [-0.15, -0.1) is 0 Å². The van der Waals surface area contributed by atoms with Crippen molar-refractivity contribution in [1.82, 2.24) is 0 Å². The summed E-state index contributed by atoms with van der Waals surface area (Å²) in [5, 5.41) is 20.6. The van der Waals surface area contributed by atoms with Crippen molar-refractivity contribution in [1.29, 1.82) is 0 Å². The molecule has 0 fully saturated rings. The largest absolute Gasteiger partial charge is 0.490 e. The van der Waals surface area contributed by atoms with E-state index in [1.54, 1.807) is 6.92 Å². The zero-order valence-electron chi connectivity index (χ0n) is 11.6. The van der Waals surface area contributed by atoms with Gasteiger partial charge in [-0.05, 0) is 12.3 Å². The van der Waals surface area contributed by atoms with Crippen molar-refractivity contribution in [2.45, 2.75) is 13.0 Å². The van der Waals surface area contributed by atoms with Crippen LogP contribution in [0.4, 0.5) is 0 Å². The van der Waals surface area contributed by atoms with Crippen molar-refractivity contribution in [2.24, 2.45) is 0 Å². The highest BCUT2D eigenvalue weighted by Crippen LogP contribution is 2.33. The van der Waals surface area contributed by atoms with Crippen LogP contribution < -0.4 is 4.74 Å². The molecule has 4 nitrogen and oxygen atoms in total. The lowest BCUT2D eigenvalue weighted by Crippen LogP contribution is -2.10. The highest BCUT2D eigenvalue weighted by molar-refractivity contribution is 5.89. The SMILES string of the molecule is C[C@H](O)c1ccc2ccccc2c1OCCOCCO. The molecule has 1 atom stereocenters. The molecule has 2 aromatic carbocycles. The average molecular weight is 276 g/mol. The summed E-state index contributed by atoms with van der Waals surface area (Å²) in [6.07, 6.45) is -0.590. The van der Waals surface area contributed by atoms with E-state index in [1.807, 2.05) is 36.4 Å². The van der Waals surface area contributed by atoms with Crippen molar-refractivity contribution in [3.63, 3.8) is 0 Å². The predicted octanol–water partition coefficient (Wildman–Crippen LogP) is 2.28. The molecular weight excluding hydrogens is 256 g/mol. The maximum absolute atomic E-state index is 9.86. The molecular formula is C16H20O4. The van der Waals surface area contributed by atoms with Crippen molar-refractivity contribution in [3.8, 4) is 5.75 Å². The van der Waals surface area contributed by atoms with E-state index in [4.69, 9.17) is 14.6 Å². The molecule has 0 amide bonds. The van der Waals surface area contributed by atoms with Gasteiger partial charge in [-0.3, -0.25) is 0 Å². The minimum atomic E-state index is -0.590. The van der Waals surface area contributed by atoms with Crippen LogP contribution in [0, 0.1) is 0 Å². The molecule has 0 spiro atoms. The second-order valence-corrected chi connectivity index (χ2v) is 4.57. The molecule has 0 radical (unpaired) electrons. The Kier molecular flexibility index (Phi) is 5.35. The van der Waals surface area contributed by atoms with Gasteiger partial charge in [0.25, 0.3) is 0 Å². The van der Waals surface area contributed by atoms with Gasteiger partial charge in [0.2, 0.25) is 0 Å². The number of rotatable bonds is 7. The van der Waals surface area contributed by atoms with E-state index in [1.165, 1.54) is 0 Å².